The van der Waals surface area contributed by atoms with E-state index in [0.717, 1.165) is 10.8 Å². The van der Waals surface area contributed by atoms with Crippen LogP contribution in [0.5, 0.6) is 11.5 Å². The number of hydrogen-bond donors (Lipinski definition) is 1. The Morgan fingerprint density at radius 2 is 1.74 bits per heavy atom. The summed E-state index contributed by atoms with van der Waals surface area (Å²) in [6.45, 7) is 2.29. The molecule has 1 aromatic heterocycles. The van der Waals surface area contributed by atoms with Crippen molar-refractivity contribution in [2.75, 3.05) is 13.7 Å². The summed E-state index contributed by atoms with van der Waals surface area (Å²) in [6, 6.07) is 19.6. The Labute approximate surface area is 183 Å². The summed E-state index contributed by atoms with van der Waals surface area (Å²) in [5.74, 6) is 1.17. The fourth-order valence-electron chi connectivity index (χ4n) is 3.55. The zero-order valence-electron chi connectivity index (χ0n) is 17.0. The van der Waals surface area contributed by atoms with E-state index >= 15 is 0 Å². The van der Waals surface area contributed by atoms with Crippen LogP contribution >= 0.6 is 12.2 Å². The minimum atomic E-state index is -0.472. The topological polar surface area (TPSA) is 73.3 Å². The zero-order valence-corrected chi connectivity index (χ0v) is 17.9. The van der Waals surface area contributed by atoms with Gasteiger partial charge in [-0.25, -0.2) is 0 Å². The Hall–Kier alpha value is -3.71. The summed E-state index contributed by atoms with van der Waals surface area (Å²) >= 11 is 5.37. The number of nitrogens with one attached hydrogen (secondary N) is 1. The summed E-state index contributed by atoms with van der Waals surface area (Å²) in [7, 11) is 1.56. The average Bonchev–Trinajstić information content (AvgIpc) is 2.88. The van der Waals surface area contributed by atoms with Crippen LogP contribution in [-0.2, 0) is 0 Å². The fourth-order valence-corrected chi connectivity index (χ4v) is 3.84. The van der Waals surface area contributed by atoms with Crippen LogP contribution in [-0.4, -0.2) is 23.3 Å². The molecular weight excluding hydrogens is 412 g/mol. The third-order valence-corrected chi connectivity index (χ3v) is 5.22. The first-order chi connectivity index (χ1) is 15.0. The van der Waals surface area contributed by atoms with E-state index in [1.807, 2.05) is 43.3 Å². The van der Waals surface area contributed by atoms with E-state index in [1.165, 1.54) is 10.6 Å². The van der Waals surface area contributed by atoms with Gasteiger partial charge in [0.15, 0.2) is 4.77 Å². The molecule has 0 unspecified atom stereocenters. The van der Waals surface area contributed by atoms with Gasteiger partial charge in [-0.15, -0.1) is 0 Å². The Morgan fingerprint density at radius 1 is 1.00 bits per heavy atom. The molecule has 31 heavy (non-hydrogen) atoms. The quantitative estimate of drug-likeness (QED) is 0.471. The van der Waals surface area contributed by atoms with Crippen LogP contribution in [0.4, 0.5) is 0 Å². The Bertz CT molecular complexity index is 1440. The third-order valence-electron chi connectivity index (χ3n) is 4.93. The molecule has 1 heterocycles. The summed E-state index contributed by atoms with van der Waals surface area (Å²) < 4.78 is 12.3. The summed E-state index contributed by atoms with van der Waals surface area (Å²) in [6.07, 6.45) is 0. The molecule has 0 bridgehead atoms. The first kappa shape index (κ1) is 20.6. The number of nitrogens with zero attached hydrogens (tertiary/aromatic N) is 1. The van der Waals surface area contributed by atoms with E-state index in [-0.39, 0.29) is 10.3 Å². The van der Waals surface area contributed by atoms with Gasteiger partial charge in [-0.3, -0.25) is 19.1 Å². The zero-order chi connectivity index (χ0) is 22.0. The van der Waals surface area contributed by atoms with Gasteiger partial charge in [-0.05, 0) is 60.2 Å². The Morgan fingerprint density at radius 3 is 2.45 bits per heavy atom. The number of aromatic amines is 1. The van der Waals surface area contributed by atoms with Crippen LogP contribution in [0.15, 0.2) is 76.3 Å². The molecule has 0 saturated carbocycles. The Balaban J connectivity index is 2.12. The lowest BCUT2D eigenvalue weighted by atomic mass is 9.98. The van der Waals surface area contributed by atoms with Gasteiger partial charge < -0.3 is 9.47 Å². The largest absolute Gasteiger partial charge is 0.497 e. The number of methoxy groups -OCH3 is 1. The van der Waals surface area contributed by atoms with Crippen molar-refractivity contribution in [1.29, 1.82) is 0 Å². The molecule has 0 atom stereocenters. The van der Waals surface area contributed by atoms with Crippen LogP contribution in [0.3, 0.4) is 0 Å². The lowest BCUT2D eigenvalue weighted by Gasteiger charge is -2.13. The number of rotatable bonds is 5. The number of aromatic nitrogens is 2. The van der Waals surface area contributed by atoms with Crippen molar-refractivity contribution >= 4 is 23.0 Å². The third kappa shape index (κ3) is 3.87. The highest BCUT2D eigenvalue weighted by Crippen LogP contribution is 2.35. The standard InChI is InChI=1S/C24H20N2O4S/c1-3-30-20-13-8-15-6-4-5-7-18(15)22(20)19-14-21(27)25-24(31)26(23(19)28)16-9-11-17(29-2)12-10-16/h4-14H,3H2,1-2H3,(H,25,27,31). The molecule has 0 fully saturated rings. The normalized spacial score (nSPS) is 10.8. The molecule has 4 rings (SSSR count). The Kier molecular flexibility index (Phi) is 5.68. The van der Waals surface area contributed by atoms with Crippen LogP contribution in [0.2, 0.25) is 0 Å². The van der Waals surface area contributed by atoms with Crippen molar-refractivity contribution in [2.24, 2.45) is 0 Å². The molecule has 0 aliphatic heterocycles. The van der Waals surface area contributed by atoms with E-state index < -0.39 is 11.1 Å². The van der Waals surface area contributed by atoms with E-state index in [2.05, 4.69) is 4.98 Å². The second-order valence-corrected chi connectivity index (χ2v) is 7.17. The van der Waals surface area contributed by atoms with Crippen LogP contribution in [0, 0.1) is 4.77 Å². The van der Waals surface area contributed by atoms with Gasteiger partial charge in [-0.2, -0.15) is 0 Å². The highest BCUT2D eigenvalue weighted by molar-refractivity contribution is 7.71. The maximum absolute atomic E-state index is 13.7. The minimum Gasteiger partial charge on any atom is -0.497 e. The molecule has 156 valence electrons. The smallest absolute Gasteiger partial charge is 0.265 e. The van der Waals surface area contributed by atoms with Gasteiger partial charge in [0.1, 0.15) is 11.5 Å². The molecule has 0 aliphatic carbocycles. The van der Waals surface area contributed by atoms with Crippen LogP contribution in [0.1, 0.15) is 6.92 Å². The number of H-pyrrole nitrogens is 1. The number of hydrogen-bond acceptors (Lipinski definition) is 5. The number of benzene rings is 3. The first-order valence-corrected chi connectivity index (χ1v) is 10.1. The maximum Gasteiger partial charge on any atom is 0.265 e. The highest BCUT2D eigenvalue weighted by Gasteiger charge is 2.17. The fraction of sp³-hybridized carbons (Fsp3) is 0.125. The lowest BCUT2D eigenvalue weighted by Crippen LogP contribution is -2.19. The second-order valence-electron chi connectivity index (χ2n) is 6.78. The maximum atomic E-state index is 13.7. The monoisotopic (exact) mass is 432 g/mol. The first-order valence-electron chi connectivity index (χ1n) is 9.73. The van der Waals surface area contributed by atoms with Crippen molar-refractivity contribution < 1.29 is 9.47 Å². The molecular formula is C24H20N2O4S. The van der Waals surface area contributed by atoms with E-state index in [0.29, 0.717) is 29.4 Å². The van der Waals surface area contributed by atoms with Crippen LogP contribution < -0.4 is 20.6 Å². The van der Waals surface area contributed by atoms with E-state index in [4.69, 9.17) is 21.7 Å². The molecule has 4 aromatic rings. The van der Waals surface area contributed by atoms with Crippen molar-refractivity contribution in [3.63, 3.8) is 0 Å². The molecule has 6 nitrogen and oxygen atoms in total. The van der Waals surface area contributed by atoms with Gasteiger partial charge in [0.2, 0.25) is 0 Å². The second kappa shape index (κ2) is 8.57. The molecule has 1 N–H and O–H groups in total. The SMILES string of the molecule is CCOc1ccc2ccccc2c1-c1cc(=O)[nH]c(=S)n(-c2ccc(OC)cc2)c1=O. The van der Waals surface area contributed by atoms with Gasteiger partial charge >= 0.3 is 0 Å². The predicted molar refractivity (Wildman–Crippen MR) is 124 cm³/mol. The molecule has 7 heteroatoms. The predicted octanol–water partition coefficient (Wildman–Crippen LogP) is 4.48. The van der Waals surface area contributed by atoms with Crippen molar-refractivity contribution in [2.45, 2.75) is 6.92 Å². The van der Waals surface area contributed by atoms with Gasteiger partial charge in [0, 0.05) is 11.6 Å². The summed E-state index contributed by atoms with van der Waals surface area (Å²) in [4.78, 5) is 28.9. The average molecular weight is 433 g/mol. The van der Waals surface area contributed by atoms with Crippen LogP contribution in [0.25, 0.3) is 27.6 Å². The van der Waals surface area contributed by atoms with Gasteiger partial charge in [-0.1, -0.05) is 30.3 Å². The van der Waals surface area contributed by atoms with Gasteiger partial charge in [0.25, 0.3) is 11.1 Å². The van der Waals surface area contributed by atoms with Crippen molar-refractivity contribution in [3.8, 4) is 28.3 Å². The summed E-state index contributed by atoms with van der Waals surface area (Å²) in [5.41, 5.74) is 0.379. The molecule has 0 amide bonds. The van der Waals surface area contributed by atoms with Crippen molar-refractivity contribution in [3.05, 3.63) is 92.2 Å². The van der Waals surface area contributed by atoms with Crippen molar-refractivity contribution in [1.82, 2.24) is 9.55 Å². The molecule has 0 saturated heterocycles. The van der Waals surface area contributed by atoms with E-state index in [9.17, 15) is 9.59 Å². The van der Waals surface area contributed by atoms with E-state index in [1.54, 1.807) is 31.4 Å². The molecule has 3 aromatic carbocycles. The highest BCUT2D eigenvalue weighted by atomic mass is 32.1. The summed E-state index contributed by atoms with van der Waals surface area (Å²) in [5, 5.41) is 1.74. The molecule has 0 aliphatic rings. The molecule has 0 radical (unpaired) electrons. The molecule has 0 spiro atoms. The number of fused-ring (bicyclic) bond motifs is 1. The van der Waals surface area contributed by atoms with Gasteiger partial charge in [0.05, 0.1) is 25.0 Å². The lowest BCUT2D eigenvalue weighted by molar-refractivity contribution is 0.342. The minimum absolute atomic E-state index is 0.00427. The number of ether oxygens (including phenoxy) is 2.